The van der Waals surface area contributed by atoms with Gasteiger partial charge in [-0.1, -0.05) is 374 Å². The van der Waals surface area contributed by atoms with Gasteiger partial charge in [-0.2, -0.15) is 0 Å². The lowest BCUT2D eigenvalue weighted by Gasteiger charge is -2.25. The molecule has 9 heteroatoms. The first-order chi connectivity index (χ1) is 45.0. The molecule has 3 N–H and O–H groups in total. The third-order valence-electron chi connectivity index (χ3n) is 17.5. The minimum Gasteiger partial charge on any atom is -0.387 e. The quantitative estimate of drug-likeness (QED) is 0.0243. The van der Waals surface area contributed by atoms with Gasteiger partial charge in [0.2, 0.25) is 5.91 Å². The first-order valence-corrected chi connectivity index (χ1v) is 40.8. The standard InChI is InChI=1S/C83H151N2O6P/c1-6-8-10-12-14-16-18-20-22-24-26-28-30-32-34-36-37-38-39-40-41-42-43-44-45-46-47-49-51-53-55-57-59-61-63-65-67-69-71-73-75-77-83(87)84-81(80-91-92(88,89)90-79-78-85(3,4)5)82(86)76-74-72-70-68-66-64-62-60-58-56-54-52-50-48-35-33-31-29-27-25-23-21-19-17-15-13-11-9-7-2/h8,10,14,16,20,22,26,28,32,34,37-38,40-41,66,68,74,76,81-82,86H,6-7,9,11-13,15,17-19,21,23-25,27,29-31,33,35-36,39,42-65,67,69-73,75,77-80H2,1-5H3,(H-,84,87,88,89)/p+1/b10-8-,16-14-,22-20-,28-26-,34-32-,38-37-,41-40-,68-66+,76-74+. The average molecular weight is 1310 g/mol. The molecule has 0 aromatic carbocycles. The molecule has 0 radical (unpaired) electrons. The van der Waals surface area contributed by atoms with Crippen molar-refractivity contribution in [2.24, 2.45) is 0 Å². The van der Waals surface area contributed by atoms with E-state index in [2.05, 4.69) is 116 Å². The van der Waals surface area contributed by atoms with Crippen LogP contribution < -0.4 is 5.32 Å². The number of aliphatic hydroxyl groups excluding tert-OH is 1. The molecule has 534 valence electrons. The summed E-state index contributed by atoms with van der Waals surface area (Å²) in [4.78, 5) is 23.5. The molecule has 0 saturated heterocycles. The summed E-state index contributed by atoms with van der Waals surface area (Å²) >= 11 is 0. The zero-order valence-corrected chi connectivity index (χ0v) is 62.2. The highest BCUT2D eigenvalue weighted by atomic mass is 31.2. The third kappa shape index (κ3) is 74.6. The molecule has 3 unspecified atom stereocenters. The van der Waals surface area contributed by atoms with Crippen molar-refractivity contribution in [2.45, 2.75) is 373 Å². The molecule has 0 saturated carbocycles. The number of aliphatic hydroxyl groups is 1. The van der Waals surface area contributed by atoms with Gasteiger partial charge in [-0.05, 0) is 89.9 Å². The molecule has 0 spiro atoms. The molecule has 0 aromatic heterocycles. The molecule has 8 nitrogen and oxygen atoms in total. The molecule has 0 heterocycles. The first-order valence-electron chi connectivity index (χ1n) is 39.3. The summed E-state index contributed by atoms with van der Waals surface area (Å²) in [6.07, 6.45) is 107. The van der Waals surface area contributed by atoms with Gasteiger partial charge in [-0.25, -0.2) is 4.57 Å². The van der Waals surface area contributed by atoms with E-state index in [1.165, 1.54) is 257 Å². The summed E-state index contributed by atoms with van der Waals surface area (Å²) in [5, 5.41) is 14.0. The number of hydrogen-bond donors (Lipinski definition) is 3. The lowest BCUT2D eigenvalue weighted by Crippen LogP contribution is -2.45. The summed E-state index contributed by atoms with van der Waals surface area (Å²) in [5.41, 5.74) is 0. The van der Waals surface area contributed by atoms with Crippen LogP contribution in [-0.4, -0.2) is 73.4 Å². The van der Waals surface area contributed by atoms with Crippen molar-refractivity contribution in [1.82, 2.24) is 5.32 Å². The van der Waals surface area contributed by atoms with Gasteiger partial charge >= 0.3 is 7.82 Å². The topological polar surface area (TPSA) is 105 Å². The predicted octanol–water partition coefficient (Wildman–Crippen LogP) is 25.8. The number of quaternary nitrogens is 1. The maximum absolute atomic E-state index is 13.1. The molecule has 1 amide bonds. The highest BCUT2D eigenvalue weighted by Gasteiger charge is 2.28. The molecule has 0 aromatic rings. The van der Waals surface area contributed by atoms with Gasteiger partial charge in [-0.15, -0.1) is 0 Å². The van der Waals surface area contributed by atoms with E-state index in [4.69, 9.17) is 9.05 Å². The van der Waals surface area contributed by atoms with Crippen LogP contribution in [0.2, 0.25) is 0 Å². The molecule has 0 aliphatic carbocycles. The van der Waals surface area contributed by atoms with E-state index in [1.54, 1.807) is 6.08 Å². The highest BCUT2D eigenvalue weighted by molar-refractivity contribution is 7.47. The Balaban J connectivity index is 4.01. The second kappa shape index (κ2) is 72.4. The van der Waals surface area contributed by atoms with Gasteiger partial charge in [0, 0.05) is 6.42 Å². The van der Waals surface area contributed by atoms with Crippen molar-refractivity contribution in [1.29, 1.82) is 0 Å². The highest BCUT2D eigenvalue weighted by Crippen LogP contribution is 2.43. The van der Waals surface area contributed by atoms with E-state index in [9.17, 15) is 19.4 Å². The van der Waals surface area contributed by atoms with Crippen LogP contribution in [0.1, 0.15) is 361 Å². The molecule has 3 atom stereocenters. The molecule has 0 bridgehead atoms. The van der Waals surface area contributed by atoms with Crippen molar-refractivity contribution in [3.8, 4) is 0 Å². The van der Waals surface area contributed by atoms with E-state index in [0.29, 0.717) is 17.4 Å². The summed E-state index contributed by atoms with van der Waals surface area (Å²) in [6.45, 7) is 4.72. The van der Waals surface area contributed by atoms with Crippen molar-refractivity contribution >= 4 is 13.7 Å². The number of phosphoric acid groups is 1. The molecule has 0 rings (SSSR count). The van der Waals surface area contributed by atoms with Crippen molar-refractivity contribution in [2.75, 3.05) is 40.9 Å². The SMILES string of the molecule is CC/C=C\C/C=C\C/C=C\C/C=C\C/C=C\C/C=C\C/C=C\CCCCCCCCCCCCCCCCCCCCCC(=O)NC(COP(=O)(O)OCC[N+](C)(C)C)C(O)/C=C/CC/C=C/CCCCCCCCCCCCCCCCCCCCCCCCC. The largest absolute Gasteiger partial charge is 0.472 e. The summed E-state index contributed by atoms with van der Waals surface area (Å²) in [5.74, 6) is -0.183. The smallest absolute Gasteiger partial charge is 0.387 e. The summed E-state index contributed by atoms with van der Waals surface area (Å²) in [7, 11) is 1.56. The normalized spacial score (nSPS) is 14.1. The summed E-state index contributed by atoms with van der Waals surface area (Å²) in [6, 6.07) is -0.869. The lowest BCUT2D eigenvalue weighted by atomic mass is 10.0. The fraction of sp³-hybridized carbons (Fsp3) is 0.771. The van der Waals surface area contributed by atoms with E-state index < -0.39 is 20.0 Å². The Bertz CT molecular complexity index is 1870. The number of nitrogens with one attached hydrogen (secondary N) is 1. The van der Waals surface area contributed by atoms with E-state index in [0.717, 1.165) is 83.5 Å². The molecular weight excluding hydrogens is 1150 g/mol. The lowest BCUT2D eigenvalue weighted by molar-refractivity contribution is -0.870. The fourth-order valence-corrected chi connectivity index (χ4v) is 12.2. The second-order valence-electron chi connectivity index (χ2n) is 27.7. The van der Waals surface area contributed by atoms with Gasteiger partial charge in [0.25, 0.3) is 0 Å². The number of phosphoric ester groups is 1. The van der Waals surface area contributed by atoms with Crippen molar-refractivity contribution in [3.63, 3.8) is 0 Å². The number of likely N-dealkylation sites (N-methyl/N-ethyl adjacent to an activating group) is 1. The van der Waals surface area contributed by atoms with Crippen LogP contribution in [-0.2, 0) is 18.4 Å². The first kappa shape index (κ1) is 89.2. The van der Waals surface area contributed by atoms with Crippen LogP contribution in [0, 0.1) is 0 Å². The second-order valence-corrected chi connectivity index (χ2v) is 29.2. The van der Waals surface area contributed by atoms with E-state index in [1.807, 2.05) is 27.2 Å². The number of unbranched alkanes of at least 4 members (excludes halogenated alkanes) is 43. The molecule has 0 aliphatic rings. The predicted molar refractivity (Wildman–Crippen MR) is 405 cm³/mol. The van der Waals surface area contributed by atoms with Gasteiger partial charge in [-0.3, -0.25) is 13.8 Å². The van der Waals surface area contributed by atoms with Crippen LogP contribution in [0.25, 0.3) is 0 Å². The van der Waals surface area contributed by atoms with Crippen LogP contribution in [0.3, 0.4) is 0 Å². The van der Waals surface area contributed by atoms with E-state index in [-0.39, 0.29) is 19.1 Å². The van der Waals surface area contributed by atoms with Crippen molar-refractivity contribution in [3.05, 3.63) is 109 Å². The monoisotopic (exact) mass is 1300 g/mol. The van der Waals surface area contributed by atoms with Crippen LogP contribution in [0.5, 0.6) is 0 Å². The Morgan fingerprint density at radius 2 is 0.663 bits per heavy atom. The number of carbonyl (C=O) groups is 1. The Hall–Kier alpha value is -2.84. The number of carbonyl (C=O) groups excluding carboxylic acids is 1. The average Bonchev–Trinajstić information content (AvgIpc) is 2.63. The number of rotatable bonds is 72. The van der Waals surface area contributed by atoms with Gasteiger partial charge in [0.1, 0.15) is 13.2 Å². The number of amides is 1. The Morgan fingerprint density at radius 1 is 0.380 bits per heavy atom. The zero-order chi connectivity index (χ0) is 66.9. The molecular formula is C83H152N2O6P+. The number of nitrogens with zero attached hydrogens (tertiary/aromatic N) is 1. The molecule has 92 heavy (non-hydrogen) atoms. The summed E-state index contributed by atoms with van der Waals surface area (Å²) < 4.78 is 23.9. The minimum atomic E-state index is -4.37. The third-order valence-corrected chi connectivity index (χ3v) is 18.5. The molecule has 0 fully saturated rings. The maximum Gasteiger partial charge on any atom is 0.472 e. The van der Waals surface area contributed by atoms with Crippen molar-refractivity contribution < 1.29 is 32.9 Å². The fourth-order valence-electron chi connectivity index (χ4n) is 11.5. The Kier molecular flexibility index (Phi) is 70.2. The minimum absolute atomic E-state index is 0.0544. The van der Waals surface area contributed by atoms with E-state index >= 15 is 0 Å². The maximum atomic E-state index is 13.1. The van der Waals surface area contributed by atoms with Gasteiger partial charge in [0.15, 0.2) is 0 Å². The number of allylic oxidation sites excluding steroid dienone is 17. The Labute approximate surface area is 572 Å². The van der Waals surface area contributed by atoms with Crippen LogP contribution in [0.4, 0.5) is 0 Å². The number of hydrogen-bond acceptors (Lipinski definition) is 5. The van der Waals surface area contributed by atoms with Gasteiger partial charge < -0.3 is 19.8 Å². The van der Waals surface area contributed by atoms with Crippen LogP contribution >= 0.6 is 7.82 Å². The molecule has 0 aliphatic heterocycles. The Morgan fingerprint density at radius 3 is 1.00 bits per heavy atom. The zero-order valence-electron chi connectivity index (χ0n) is 61.3. The van der Waals surface area contributed by atoms with Crippen LogP contribution in [0.15, 0.2) is 109 Å². The van der Waals surface area contributed by atoms with Gasteiger partial charge in [0.05, 0.1) is 39.9 Å².